The Morgan fingerprint density at radius 2 is 2.00 bits per heavy atom. The van der Waals surface area contributed by atoms with E-state index < -0.39 is 0 Å². The SMILES string of the molecule is CC(C)C(C)Sc1ncnc(Cl)c1Br. The van der Waals surface area contributed by atoms with Crippen LogP contribution in [-0.4, -0.2) is 15.2 Å². The van der Waals surface area contributed by atoms with Crippen molar-refractivity contribution in [1.82, 2.24) is 9.97 Å². The van der Waals surface area contributed by atoms with Gasteiger partial charge in [0, 0.05) is 5.25 Å². The molecule has 0 spiro atoms. The molecule has 14 heavy (non-hydrogen) atoms. The van der Waals surface area contributed by atoms with E-state index in [4.69, 9.17) is 11.6 Å². The normalized spacial score (nSPS) is 13.3. The van der Waals surface area contributed by atoms with E-state index in [-0.39, 0.29) is 0 Å². The highest BCUT2D eigenvalue weighted by molar-refractivity contribution is 9.10. The van der Waals surface area contributed by atoms with Crippen molar-refractivity contribution in [2.24, 2.45) is 5.92 Å². The summed E-state index contributed by atoms with van der Waals surface area (Å²) in [7, 11) is 0. The predicted molar refractivity (Wildman–Crippen MR) is 64.9 cm³/mol. The van der Waals surface area contributed by atoms with Crippen LogP contribution in [0, 0.1) is 5.92 Å². The van der Waals surface area contributed by atoms with Gasteiger partial charge in [0.25, 0.3) is 0 Å². The standard InChI is InChI=1S/C9H12BrClN2S/c1-5(2)6(3)14-9-7(10)8(11)12-4-13-9/h4-6H,1-3H3. The molecule has 0 N–H and O–H groups in total. The van der Waals surface area contributed by atoms with E-state index in [1.54, 1.807) is 11.8 Å². The third kappa shape index (κ3) is 3.11. The molecule has 0 radical (unpaired) electrons. The number of thioether (sulfide) groups is 1. The molecule has 0 saturated carbocycles. The molecule has 0 aliphatic carbocycles. The van der Waals surface area contributed by atoms with Crippen molar-refractivity contribution in [1.29, 1.82) is 0 Å². The van der Waals surface area contributed by atoms with Crippen LogP contribution >= 0.6 is 39.3 Å². The summed E-state index contributed by atoms with van der Waals surface area (Å²) in [4.78, 5) is 8.07. The molecular formula is C9H12BrClN2S. The highest BCUT2D eigenvalue weighted by atomic mass is 79.9. The fraction of sp³-hybridized carbons (Fsp3) is 0.556. The van der Waals surface area contributed by atoms with E-state index in [0.717, 1.165) is 9.50 Å². The van der Waals surface area contributed by atoms with Crippen LogP contribution in [0.4, 0.5) is 0 Å². The lowest BCUT2D eigenvalue weighted by Gasteiger charge is -2.14. The maximum Gasteiger partial charge on any atom is 0.147 e. The monoisotopic (exact) mass is 294 g/mol. The Morgan fingerprint density at radius 3 is 2.57 bits per heavy atom. The molecule has 1 aromatic heterocycles. The summed E-state index contributed by atoms with van der Waals surface area (Å²) in [6, 6.07) is 0. The molecule has 0 saturated heterocycles. The van der Waals surface area contributed by atoms with Crippen LogP contribution in [0.3, 0.4) is 0 Å². The highest BCUT2D eigenvalue weighted by Gasteiger charge is 2.13. The summed E-state index contributed by atoms with van der Waals surface area (Å²) in [5, 5.41) is 1.89. The van der Waals surface area contributed by atoms with Gasteiger partial charge in [-0.05, 0) is 21.8 Å². The van der Waals surface area contributed by atoms with Crippen molar-refractivity contribution in [3.05, 3.63) is 16.0 Å². The van der Waals surface area contributed by atoms with Crippen LogP contribution in [0.15, 0.2) is 15.8 Å². The molecule has 0 aliphatic heterocycles. The second-order valence-corrected chi connectivity index (χ2v) is 5.87. The van der Waals surface area contributed by atoms with E-state index >= 15 is 0 Å². The fourth-order valence-corrected chi connectivity index (χ4v) is 2.33. The van der Waals surface area contributed by atoms with Crippen LogP contribution in [0.2, 0.25) is 5.15 Å². The number of aromatic nitrogens is 2. The van der Waals surface area contributed by atoms with E-state index in [0.29, 0.717) is 16.3 Å². The average molecular weight is 296 g/mol. The molecule has 0 aliphatic rings. The zero-order valence-electron chi connectivity index (χ0n) is 8.29. The Balaban J connectivity index is 2.82. The minimum Gasteiger partial charge on any atom is -0.229 e. The number of halogens is 2. The van der Waals surface area contributed by atoms with Crippen molar-refractivity contribution >= 4 is 39.3 Å². The van der Waals surface area contributed by atoms with Crippen LogP contribution < -0.4 is 0 Å². The van der Waals surface area contributed by atoms with Crippen molar-refractivity contribution in [3.8, 4) is 0 Å². The summed E-state index contributed by atoms with van der Waals surface area (Å²) >= 11 is 11.0. The lowest BCUT2D eigenvalue weighted by Crippen LogP contribution is -2.06. The molecule has 1 heterocycles. The van der Waals surface area contributed by atoms with Gasteiger partial charge in [0.2, 0.25) is 0 Å². The minimum atomic E-state index is 0.471. The van der Waals surface area contributed by atoms with Gasteiger partial charge in [-0.3, -0.25) is 0 Å². The lowest BCUT2D eigenvalue weighted by atomic mass is 10.2. The minimum absolute atomic E-state index is 0.471. The van der Waals surface area contributed by atoms with Gasteiger partial charge in [0.05, 0.1) is 4.47 Å². The van der Waals surface area contributed by atoms with Crippen molar-refractivity contribution in [2.75, 3.05) is 0 Å². The zero-order chi connectivity index (χ0) is 10.7. The molecule has 1 unspecified atom stereocenters. The Hall–Kier alpha value is 0.200. The molecule has 0 amide bonds. The summed E-state index contributed by atoms with van der Waals surface area (Å²) in [5.41, 5.74) is 0. The third-order valence-corrected chi connectivity index (χ3v) is 4.93. The first-order chi connectivity index (χ1) is 6.52. The first-order valence-corrected chi connectivity index (χ1v) is 6.40. The molecule has 78 valence electrons. The Labute approximate surface area is 102 Å². The van der Waals surface area contributed by atoms with Gasteiger partial charge in [0.1, 0.15) is 16.5 Å². The van der Waals surface area contributed by atoms with Crippen molar-refractivity contribution < 1.29 is 0 Å². The van der Waals surface area contributed by atoms with E-state index in [1.165, 1.54) is 6.33 Å². The Morgan fingerprint density at radius 1 is 1.36 bits per heavy atom. The first-order valence-electron chi connectivity index (χ1n) is 4.35. The number of nitrogens with zero attached hydrogens (tertiary/aromatic N) is 2. The first kappa shape index (κ1) is 12.3. The molecule has 2 nitrogen and oxygen atoms in total. The van der Waals surface area contributed by atoms with E-state index in [1.807, 2.05) is 0 Å². The van der Waals surface area contributed by atoms with Gasteiger partial charge in [-0.2, -0.15) is 0 Å². The van der Waals surface area contributed by atoms with E-state index in [9.17, 15) is 0 Å². The quantitative estimate of drug-likeness (QED) is 0.622. The molecular weight excluding hydrogens is 284 g/mol. The smallest absolute Gasteiger partial charge is 0.147 e. The largest absolute Gasteiger partial charge is 0.229 e. The zero-order valence-corrected chi connectivity index (χ0v) is 11.4. The maximum absolute atomic E-state index is 5.87. The number of rotatable bonds is 3. The van der Waals surface area contributed by atoms with Gasteiger partial charge in [-0.1, -0.05) is 32.4 Å². The highest BCUT2D eigenvalue weighted by Crippen LogP contribution is 2.34. The maximum atomic E-state index is 5.87. The van der Waals surface area contributed by atoms with Gasteiger partial charge >= 0.3 is 0 Å². The molecule has 1 rings (SSSR count). The second-order valence-electron chi connectivity index (χ2n) is 3.35. The van der Waals surface area contributed by atoms with Crippen LogP contribution in [0.1, 0.15) is 20.8 Å². The summed E-state index contributed by atoms with van der Waals surface area (Å²) in [6.07, 6.45) is 1.49. The number of hydrogen-bond donors (Lipinski definition) is 0. The molecule has 5 heteroatoms. The lowest BCUT2D eigenvalue weighted by molar-refractivity contribution is 0.641. The summed E-state index contributed by atoms with van der Waals surface area (Å²) in [5.74, 6) is 0.612. The predicted octanol–water partition coefficient (Wildman–Crippen LogP) is 4.03. The van der Waals surface area contributed by atoms with Crippen molar-refractivity contribution in [2.45, 2.75) is 31.0 Å². The summed E-state index contributed by atoms with van der Waals surface area (Å²) in [6.45, 7) is 6.56. The molecule has 1 aromatic rings. The van der Waals surface area contributed by atoms with Gasteiger partial charge < -0.3 is 0 Å². The van der Waals surface area contributed by atoms with E-state index in [2.05, 4.69) is 46.7 Å². The van der Waals surface area contributed by atoms with Gasteiger partial charge in [-0.15, -0.1) is 11.8 Å². The van der Waals surface area contributed by atoms with Crippen LogP contribution in [0.25, 0.3) is 0 Å². The average Bonchev–Trinajstić information content (AvgIpc) is 2.12. The molecule has 0 fully saturated rings. The second kappa shape index (κ2) is 5.33. The molecule has 0 aromatic carbocycles. The Kier molecular flexibility index (Phi) is 4.67. The topological polar surface area (TPSA) is 25.8 Å². The van der Waals surface area contributed by atoms with Crippen molar-refractivity contribution in [3.63, 3.8) is 0 Å². The number of hydrogen-bond acceptors (Lipinski definition) is 3. The third-order valence-electron chi connectivity index (χ3n) is 1.95. The molecule has 1 atom stereocenters. The van der Waals surface area contributed by atoms with Crippen LogP contribution in [0.5, 0.6) is 0 Å². The van der Waals surface area contributed by atoms with Crippen LogP contribution in [-0.2, 0) is 0 Å². The molecule has 0 bridgehead atoms. The van der Waals surface area contributed by atoms with Gasteiger partial charge in [0.15, 0.2) is 0 Å². The Bertz CT molecular complexity index is 320. The summed E-state index contributed by atoms with van der Waals surface area (Å²) < 4.78 is 0.791. The van der Waals surface area contributed by atoms with Gasteiger partial charge in [-0.25, -0.2) is 9.97 Å². The fourth-order valence-electron chi connectivity index (χ4n) is 0.728.